The number of carboxylic acids is 1. The molecule has 1 aliphatic carbocycles. The highest BCUT2D eigenvalue weighted by atomic mass is 16.6. The first-order chi connectivity index (χ1) is 9.99. The van der Waals surface area contributed by atoms with Gasteiger partial charge in [0.05, 0.1) is 11.5 Å². The number of nitro groups is 1. The summed E-state index contributed by atoms with van der Waals surface area (Å²) in [6, 6.07) is 5.54. The number of hydrogen-bond acceptors (Lipinski definition) is 4. The number of urea groups is 1. The van der Waals surface area contributed by atoms with E-state index in [1.165, 1.54) is 11.0 Å². The van der Waals surface area contributed by atoms with E-state index in [0.717, 1.165) is 12.8 Å². The van der Waals surface area contributed by atoms with Crippen molar-refractivity contribution in [3.05, 3.63) is 39.9 Å². The molecule has 0 saturated heterocycles. The van der Waals surface area contributed by atoms with Gasteiger partial charge in [-0.15, -0.1) is 0 Å². The lowest BCUT2D eigenvalue weighted by atomic mass is 10.2. The minimum Gasteiger partial charge on any atom is -0.480 e. The summed E-state index contributed by atoms with van der Waals surface area (Å²) in [6.07, 6.45) is 1.57. The Labute approximate surface area is 120 Å². The molecule has 1 aliphatic rings. The number of carbonyl (C=O) groups excluding carboxylic acids is 1. The van der Waals surface area contributed by atoms with Crippen LogP contribution >= 0.6 is 0 Å². The van der Waals surface area contributed by atoms with Crippen LogP contribution in [0.15, 0.2) is 24.3 Å². The number of nitrogens with one attached hydrogen (secondary N) is 1. The topological polar surface area (TPSA) is 113 Å². The molecule has 2 N–H and O–H groups in total. The molecule has 8 heteroatoms. The molecule has 0 unspecified atom stereocenters. The second-order valence-electron chi connectivity index (χ2n) is 4.80. The first-order valence-corrected chi connectivity index (χ1v) is 6.47. The van der Waals surface area contributed by atoms with Crippen LogP contribution in [0.2, 0.25) is 0 Å². The minimum atomic E-state index is -1.08. The zero-order valence-corrected chi connectivity index (χ0v) is 11.2. The summed E-state index contributed by atoms with van der Waals surface area (Å²) in [6.45, 7) is -0.383. The molecule has 0 spiro atoms. The molecule has 1 aromatic carbocycles. The van der Waals surface area contributed by atoms with E-state index in [-0.39, 0.29) is 24.8 Å². The summed E-state index contributed by atoms with van der Waals surface area (Å²) in [5.41, 5.74) is 0.302. The van der Waals surface area contributed by atoms with Crippen molar-refractivity contribution in [1.82, 2.24) is 10.2 Å². The largest absolute Gasteiger partial charge is 0.480 e. The van der Waals surface area contributed by atoms with Crippen molar-refractivity contribution in [3.8, 4) is 0 Å². The monoisotopic (exact) mass is 293 g/mol. The molecule has 0 heterocycles. The van der Waals surface area contributed by atoms with Crippen LogP contribution in [0.25, 0.3) is 0 Å². The summed E-state index contributed by atoms with van der Waals surface area (Å²) in [5.74, 6) is -1.08. The number of nitrogens with zero attached hydrogens (tertiary/aromatic N) is 2. The van der Waals surface area contributed by atoms with E-state index in [4.69, 9.17) is 5.11 Å². The second kappa shape index (κ2) is 6.21. The smallest absolute Gasteiger partial charge is 0.323 e. The maximum atomic E-state index is 12.0. The Morgan fingerprint density at radius 2 is 2.05 bits per heavy atom. The predicted octanol–water partition coefficient (Wildman–Crippen LogP) is 1.35. The van der Waals surface area contributed by atoms with Crippen molar-refractivity contribution in [2.45, 2.75) is 25.4 Å². The molecule has 21 heavy (non-hydrogen) atoms. The number of aliphatic carboxylic acids is 1. The molecule has 1 aromatic rings. The number of nitro benzene ring substituents is 1. The van der Waals surface area contributed by atoms with E-state index in [0.29, 0.717) is 5.56 Å². The van der Waals surface area contributed by atoms with Crippen molar-refractivity contribution in [2.24, 2.45) is 0 Å². The van der Waals surface area contributed by atoms with Crippen LogP contribution in [-0.2, 0) is 11.3 Å². The fraction of sp³-hybridized carbons (Fsp3) is 0.385. The number of carboxylic acid groups (broad SMARTS) is 1. The number of para-hydroxylation sites is 1. The molecule has 8 nitrogen and oxygen atoms in total. The summed E-state index contributed by atoms with van der Waals surface area (Å²) in [4.78, 5) is 34.3. The maximum Gasteiger partial charge on any atom is 0.323 e. The Morgan fingerprint density at radius 3 is 2.62 bits per heavy atom. The van der Waals surface area contributed by atoms with Gasteiger partial charge in [0.25, 0.3) is 5.69 Å². The van der Waals surface area contributed by atoms with Crippen molar-refractivity contribution in [1.29, 1.82) is 0 Å². The molecule has 0 aliphatic heterocycles. The van der Waals surface area contributed by atoms with Gasteiger partial charge in [-0.2, -0.15) is 0 Å². The van der Waals surface area contributed by atoms with Crippen molar-refractivity contribution >= 4 is 17.7 Å². The van der Waals surface area contributed by atoms with E-state index in [1.807, 2.05) is 0 Å². The van der Waals surface area contributed by atoms with Gasteiger partial charge in [0.2, 0.25) is 0 Å². The van der Waals surface area contributed by atoms with Gasteiger partial charge < -0.3 is 15.3 Å². The van der Waals surface area contributed by atoms with Crippen LogP contribution in [-0.4, -0.2) is 39.5 Å². The predicted molar refractivity (Wildman–Crippen MR) is 72.7 cm³/mol. The molecule has 0 aromatic heterocycles. The Kier molecular flexibility index (Phi) is 4.36. The lowest BCUT2D eigenvalue weighted by Gasteiger charge is -2.20. The van der Waals surface area contributed by atoms with Gasteiger partial charge in [0.1, 0.15) is 6.54 Å². The molecule has 0 atom stereocenters. The first kappa shape index (κ1) is 14.8. The van der Waals surface area contributed by atoms with Gasteiger partial charge in [-0.3, -0.25) is 14.9 Å². The first-order valence-electron chi connectivity index (χ1n) is 6.47. The number of carbonyl (C=O) groups is 2. The second-order valence-corrected chi connectivity index (χ2v) is 4.80. The lowest BCUT2D eigenvalue weighted by molar-refractivity contribution is -0.385. The van der Waals surface area contributed by atoms with Crippen molar-refractivity contribution < 1.29 is 19.6 Å². The van der Waals surface area contributed by atoms with Crippen molar-refractivity contribution in [2.75, 3.05) is 6.54 Å². The van der Waals surface area contributed by atoms with Crippen LogP contribution in [0.1, 0.15) is 18.4 Å². The van der Waals surface area contributed by atoms with E-state index in [9.17, 15) is 19.7 Å². The summed E-state index contributed by atoms with van der Waals surface area (Å²) in [7, 11) is 0. The summed E-state index contributed by atoms with van der Waals surface area (Å²) in [5, 5.41) is 22.2. The van der Waals surface area contributed by atoms with Gasteiger partial charge in [-0.05, 0) is 12.8 Å². The molecule has 0 radical (unpaired) electrons. The fourth-order valence-electron chi connectivity index (χ4n) is 2.01. The van der Waals surface area contributed by atoms with Crippen LogP contribution in [0.5, 0.6) is 0 Å². The number of benzene rings is 1. The third-order valence-electron chi connectivity index (χ3n) is 3.17. The Hall–Kier alpha value is -2.64. The highest BCUT2D eigenvalue weighted by Crippen LogP contribution is 2.26. The molecule has 2 rings (SSSR count). The normalized spacial score (nSPS) is 13.5. The summed E-state index contributed by atoms with van der Waals surface area (Å²) >= 11 is 0. The molecular weight excluding hydrogens is 278 g/mol. The number of amides is 2. The van der Waals surface area contributed by atoms with Crippen molar-refractivity contribution in [3.63, 3.8) is 0 Å². The average molecular weight is 293 g/mol. The third kappa shape index (κ3) is 3.91. The molecular formula is C13H15N3O5. The van der Waals surface area contributed by atoms with E-state index >= 15 is 0 Å². The molecule has 2 amide bonds. The Bertz CT molecular complexity index is 571. The fourth-order valence-corrected chi connectivity index (χ4v) is 2.01. The van der Waals surface area contributed by atoms with Gasteiger partial charge in [-0.25, -0.2) is 4.79 Å². The van der Waals surface area contributed by atoms with E-state index < -0.39 is 16.9 Å². The SMILES string of the molecule is O=C(O)CN(C(=O)NCc1ccccc1[N+](=O)[O-])C1CC1. The van der Waals surface area contributed by atoms with Gasteiger partial charge >= 0.3 is 12.0 Å². The van der Waals surface area contributed by atoms with Gasteiger partial charge in [0.15, 0.2) is 0 Å². The number of rotatable bonds is 6. The quantitative estimate of drug-likeness (QED) is 0.607. The van der Waals surface area contributed by atoms with Crippen LogP contribution in [0, 0.1) is 10.1 Å². The Balaban J connectivity index is 2.00. The third-order valence-corrected chi connectivity index (χ3v) is 3.17. The Morgan fingerprint density at radius 1 is 1.38 bits per heavy atom. The zero-order chi connectivity index (χ0) is 15.4. The minimum absolute atomic E-state index is 0.0151. The standard InChI is InChI=1S/C13H15N3O5/c17-12(18)8-15(10-5-6-10)13(19)14-7-9-3-1-2-4-11(9)16(20)21/h1-4,10H,5-8H2,(H,14,19)(H,17,18). The average Bonchev–Trinajstić information content (AvgIpc) is 3.26. The zero-order valence-electron chi connectivity index (χ0n) is 11.2. The number of hydrogen-bond donors (Lipinski definition) is 2. The molecule has 112 valence electrons. The molecule has 1 fully saturated rings. The summed E-state index contributed by atoms with van der Waals surface area (Å²) < 4.78 is 0. The molecule has 1 saturated carbocycles. The van der Waals surface area contributed by atoms with E-state index in [2.05, 4.69) is 5.32 Å². The maximum absolute atomic E-state index is 12.0. The van der Waals surface area contributed by atoms with Gasteiger partial charge in [0, 0.05) is 17.7 Å². The van der Waals surface area contributed by atoms with Crippen LogP contribution in [0.4, 0.5) is 10.5 Å². The lowest BCUT2D eigenvalue weighted by Crippen LogP contribution is -2.43. The van der Waals surface area contributed by atoms with Crippen LogP contribution < -0.4 is 5.32 Å². The highest BCUT2D eigenvalue weighted by molar-refractivity contribution is 5.80. The van der Waals surface area contributed by atoms with Crippen LogP contribution in [0.3, 0.4) is 0 Å². The van der Waals surface area contributed by atoms with Gasteiger partial charge in [-0.1, -0.05) is 18.2 Å². The molecule has 0 bridgehead atoms. The van der Waals surface area contributed by atoms with E-state index in [1.54, 1.807) is 18.2 Å². The highest BCUT2D eigenvalue weighted by Gasteiger charge is 2.33.